The molecule has 2 amide bonds. The highest BCUT2D eigenvalue weighted by Crippen LogP contribution is 2.20. The van der Waals surface area contributed by atoms with Gasteiger partial charge in [0.2, 0.25) is 11.8 Å². The molecule has 0 spiro atoms. The Balaban J connectivity index is 1.93. The molecular formula is C19H27ClN2O2. The summed E-state index contributed by atoms with van der Waals surface area (Å²) in [5, 5.41) is 0.702. The van der Waals surface area contributed by atoms with Crippen LogP contribution in [0.2, 0.25) is 5.02 Å². The topological polar surface area (TPSA) is 40.6 Å². The van der Waals surface area contributed by atoms with Gasteiger partial charge in [0.15, 0.2) is 0 Å². The van der Waals surface area contributed by atoms with Crippen molar-refractivity contribution in [3.05, 3.63) is 34.9 Å². The second-order valence-corrected chi connectivity index (χ2v) is 6.90. The number of piperidine rings is 1. The standard InChI is InChI=1S/C19H27ClN2O2/c1-3-18-6-4-5-12-22(18)19(24)14-21(15(2)23)13-11-16-7-9-17(20)10-8-16/h7-10,18H,3-6,11-14H2,1-2H3. The van der Waals surface area contributed by atoms with E-state index in [1.807, 2.05) is 29.2 Å². The first kappa shape index (κ1) is 18.8. The number of amides is 2. The molecule has 1 unspecified atom stereocenters. The van der Waals surface area contributed by atoms with E-state index >= 15 is 0 Å². The van der Waals surface area contributed by atoms with Crippen LogP contribution in [0, 0.1) is 0 Å². The number of halogens is 1. The first-order chi connectivity index (χ1) is 11.5. The van der Waals surface area contributed by atoms with E-state index in [0.29, 0.717) is 17.6 Å². The number of carbonyl (C=O) groups is 2. The average Bonchev–Trinajstić information content (AvgIpc) is 2.59. The van der Waals surface area contributed by atoms with Gasteiger partial charge in [-0.25, -0.2) is 0 Å². The van der Waals surface area contributed by atoms with Gasteiger partial charge >= 0.3 is 0 Å². The Bertz CT molecular complexity index is 559. The fourth-order valence-electron chi connectivity index (χ4n) is 3.27. The maximum Gasteiger partial charge on any atom is 0.242 e. The summed E-state index contributed by atoms with van der Waals surface area (Å²) in [7, 11) is 0. The number of likely N-dealkylation sites (tertiary alicyclic amines) is 1. The molecule has 0 bridgehead atoms. The van der Waals surface area contributed by atoms with E-state index in [2.05, 4.69) is 6.92 Å². The average molecular weight is 351 g/mol. The van der Waals surface area contributed by atoms with Crippen molar-refractivity contribution in [2.45, 2.75) is 52.0 Å². The predicted octanol–water partition coefficient (Wildman–Crippen LogP) is 3.52. The van der Waals surface area contributed by atoms with Gasteiger partial charge in [0.05, 0.1) is 6.54 Å². The summed E-state index contributed by atoms with van der Waals surface area (Å²) in [6.07, 6.45) is 5.03. The van der Waals surface area contributed by atoms with Crippen molar-refractivity contribution in [2.24, 2.45) is 0 Å². The Morgan fingerprint density at radius 2 is 1.96 bits per heavy atom. The summed E-state index contributed by atoms with van der Waals surface area (Å²) >= 11 is 5.89. The Morgan fingerprint density at radius 1 is 1.25 bits per heavy atom. The van der Waals surface area contributed by atoms with E-state index in [9.17, 15) is 9.59 Å². The molecule has 132 valence electrons. The molecule has 2 rings (SSSR count). The quantitative estimate of drug-likeness (QED) is 0.787. The van der Waals surface area contributed by atoms with Gasteiger partial charge in [-0.3, -0.25) is 9.59 Å². The second kappa shape index (κ2) is 9.07. The lowest BCUT2D eigenvalue weighted by atomic mass is 10.00. The van der Waals surface area contributed by atoms with E-state index in [1.54, 1.807) is 4.90 Å². The molecule has 4 nitrogen and oxygen atoms in total. The second-order valence-electron chi connectivity index (χ2n) is 6.46. The first-order valence-corrected chi connectivity index (χ1v) is 9.18. The summed E-state index contributed by atoms with van der Waals surface area (Å²) < 4.78 is 0. The molecule has 0 aliphatic carbocycles. The summed E-state index contributed by atoms with van der Waals surface area (Å²) in [4.78, 5) is 28.2. The molecular weight excluding hydrogens is 324 g/mol. The zero-order valence-electron chi connectivity index (χ0n) is 14.6. The van der Waals surface area contributed by atoms with Crippen LogP contribution in [0.15, 0.2) is 24.3 Å². The largest absolute Gasteiger partial charge is 0.338 e. The number of carbonyl (C=O) groups excluding carboxylic acids is 2. The first-order valence-electron chi connectivity index (χ1n) is 8.80. The van der Waals surface area contributed by atoms with Crippen molar-refractivity contribution in [1.82, 2.24) is 9.80 Å². The van der Waals surface area contributed by atoms with E-state index in [0.717, 1.165) is 37.8 Å². The Morgan fingerprint density at radius 3 is 2.58 bits per heavy atom. The van der Waals surface area contributed by atoms with Crippen molar-refractivity contribution in [2.75, 3.05) is 19.6 Å². The zero-order chi connectivity index (χ0) is 17.5. The zero-order valence-corrected chi connectivity index (χ0v) is 15.4. The number of nitrogens with zero attached hydrogens (tertiary/aromatic N) is 2. The minimum absolute atomic E-state index is 0.0534. The van der Waals surface area contributed by atoms with Crippen LogP contribution in [0.25, 0.3) is 0 Å². The maximum absolute atomic E-state index is 12.7. The minimum Gasteiger partial charge on any atom is -0.338 e. The van der Waals surface area contributed by atoms with E-state index < -0.39 is 0 Å². The lowest BCUT2D eigenvalue weighted by Crippen LogP contribution is -2.49. The number of hydrogen-bond donors (Lipinski definition) is 0. The molecule has 5 heteroatoms. The summed E-state index contributed by atoms with van der Waals surface area (Å²) in [5.41, 5.74) is 1.11. The van der Waals surface area contributed by atoms with Gasteiger partial charge in [0.25, 0.3) is 0 Å². The summed E-state index contributed by atoms with van der Waals surface area (Å²) in [5.74, 6) is 0.0234. The third-order valence-corrected chi connectivity index (χ3v) is 5.03. The van der Waals surface area contributed by atoms with Gasteiger partial charge in [-0.15, -0.1) is 0 Å². The Kier molecular flexibility index (Phi) is 7.10. The third-order valence-electron chi connectivity index (χ3n) is 4.77. The molecule has 0 radical (unpaired) electrons. The minimum atomic E-state index is -0.0534. The van der Waals surface area contributed by atoms with Gasteiger partial charge in [0.1, 0.15) is 0 Å². The summed E-state index contributed by atoms with van der Waals surface area (Å²) in [6.45, 7) is 5.20. The molecule has 0 saturated carbocycles. The van der Waals surface area contributed by atoms with Crippen molar-refractivity contribution in [1.29, 1.82) is 0 Å². The van der Waals surface area contributed by atoms with Crippen LogP contribution < -0.4 is 0 Å². The molecule has 1 aromatic rings. The highest BCUT2D eigenvalue weighted by atomic mass is 35.5. The van der Waals surface area contributed by atoms with Crippen molar-refractivity contribution in [3.8, 4) is 0 Å². The van der Waals surface area contributed by atoms with Gasteiger partial charge in [0, 0.05) is 31.1 Å². The van der Waals surface area contributed by atoms with Crippen molar-refractivity contribution < 1.29 is 9.59 Å². The molecule has 1 fully saturated rings. The van der Waals surface area contributed by atoms with Crippen LogP contribution in [0.3, 0.4) is 0 Å². The van der Waals surface area contributed by atoms with Crippen LogP contribution in [-0.4, -0.2) is 47.3 Å². The predicted molar refractivity (Wildman–Crippen MR) is 97.1 cm³/mol. The number of hydrogen-bond acceptors (Lipinski definition) is 2. The highest BCUT2D eigenvalue weighted by Gasteiger charge is 2.26. The molecule has 24 heavy (non-hydrogen) atoms. The third kappa shape index (κ3) is 5.23. The van der Waals surface area contributed by atoms with Crippen LogP contribution in [0.5, 0.6) is 0 Å². The van der Waals surface area contributed by atoms with Crippen molar-refractivity contribution in [3.63, 3.8) is 0 Å². The van der Waals surface area contributed by atoms with E-state index in [1.165, 1.54) is 13.3 Å². The molecule has 1 aromatic carbocycles. The molecule has 1 atom stereocenters. The molecule has 0 N–H and O–H groups in total. The molecule has 1 heterocycles. The van der Waals surface area contributed by atoms with Crippen LogP contribution in [0.4, 0.5) is 0 Å². The van der Waals surface area contributed by atoms with Gasteiger partial charge in [-0.05, 0) is 49.8 Å². The van der Waals surface area contributed by atoms with Crippen molar-refractivity contribution >= 4 is 23.4 Å². The number of rotatable bonds is 6. The normalized spacial score (nSPS) is 17.6. The van der Waals surface area contributed by atoms with Gasteiger partial charge in [-0.1, -0.05) is 30.7 Å². The molecule has 1 aliphatic rings. The fraction of sp³-hybridized carbons (Fsp3) is 0.579. The Labute approximate surface area is 149 Å². The van der Waals surface area contributed by atoms with E-state index in [4.69, 9.17) is 11.6 Å². The summed E-state index contributed by atoms with van der Waals surface area (Å²) in [6, 6.07) is 7.94. The lowest BCUT2D eigenvalue weighted by Gasteiger charge is -2.36. The number of benzene rings is 1. The van der Waals surface area contributed by atoms with Crippen LogP contribution >= 0.6 is 11.6 Å². The monoisotopic (exact) mass is 350 g/mol. The fourth-order valence-corrected chi connectivity index (χ4v) is 3.40. The lowest BCUT2D eigenvalue weighted by molar-refractivity contribution is -0.141. The van der Waals surface area contributed by atoms with Gasteiger partial charge in [-0.2, -0.15) is 0 Å². The maximum atomic E-state index is 12.7. The van der Waals surface area contributed by atoms with Gasteiger partial charge < -0.3 is 9.80 Å². The SMILES string of the molecule is CCC1CCCCN1C(=O)CN(CCc1ccc(Cl)cc1)C(C)=O. The highest BCUT2D eigenvalue weighted by molar-refractivity contribution is 6.30. The smallest absolute Gasteiger partial charge is 0.242 e. The molecule has 1 aliphatic heterocycles. The molecule has 1 saturated heterocycles. The van der Waals surface area contributed by atoms with Crippen LogP contribution in [-0.2, 0) is 16.0 Å². The Hall–Kier alpha value is -1.55. The van der Waals surface area contributed by atoms with E-state index in [-0.39, 0.29) is 18.4 Å². The molecule has 0 aromatic heterocycles. The van der Waals surface area contributed by atoms with Crippen LogP contribution in [0.1, 0.15) is 45.1 Å².